The lowest BCUT2D eigenvalue weighted by atomic mass is 10.1. The number of aromatic nitrogens is 4. The Labute approximate surface area is 144 Å². The molecule has 0 amide bonds. The van der Waals surface area contributed by atoms with Gasteiger partial charge in [0.25, 0.3) is 0 Å². The molecule has 0 fully saturated rings. The van der Waals surface area contributed by atoms with E-state index in [0.29, 0.717) is 12.4 Å². The van der Waals surface area contributed by atoms with E-state index in [2.05, 4.69) is 20.4 Å². The standard InChI is InChI=1S/C19H16N6/c20-19(24-17-5-8-21-9-6-17)15-3-1-14(2-4-15)13-25-18-7-10-22-11-16(18)12-23-25/h1-12H,13H2,(H2,20,21,24). The number of benzene rings is 1. The normalized spacial score (nSPS) is 10.7. The van der Waals surface area contributed by atoms with Crippen LogP contribution in [0.1, 0.15) is 11.1 Å². The minimum atomic E-state index is 0.355. The Balaban J connectivity index is 1.49. The van der Waals surface area contributed by atoms with E-state index in [0.717, 1.165) is 27.7 Å². The Morgan fingerprint density at radius 2 is 1.68 bits per heavy atom. The molecule has 0 unspecified atom stereocenters. The van der Waals surface area contributed by atoms with Crippen LogP contribution in [0.2, 0.25) is 0 Å². The quantitative estimate of drug-likeness (QED) is 0.445. The van der Waals surface area contributed by atoms with Crippen LogP contribution in [0.15, 0.2) is 73.4 Å². The van der Waals surface area contributed by atoms with E-state index in [1.165, 1.54) is 0 Å². The molecule has 0 atom stereocenters. The van der Waals surface area contributed by atoms with E-state index < -0.39 is 0 Å². The third-order valence-corrected chi connectivity index (χ3v) is 3.97. The first-order valence-corrected chi connectivity index (χ1v) is 7.90. The summed E-state index contributed by atoms with van der Waals surface area (Å²) in [6.45, 7) is 0.679. The lowest BCUT2D eigenvalue weighted by Gasteiger charge is -2.09. The largest absolute Gasteiger partial charge is 0.340 e. The molecule has 0 saturated heterocycles. The number of pyridine rings is 2. The topological polar surface area (TPSA) is 79.5 Å². The Morgan fingerprint density at radius 3 is 2.48 bits per heavy atom. The first-order valence-electron chi connectivity index (χ1n) is 7.90. The highest BCUT2D eigenvalue weighted by Crippen LogP contribution is 2.14. The summed E-state index contributed by atoms with van der Waals surface area (Å²) in [5.74, 6) is 0.355. The predicted octanol–water partition coefficient (Wildman–Crippen LogP) is 3.31. The molecule has 0 aliphatic heterocycles. The molecule has 25 heavy (non-hydrogen) atoms. The van der Waals surface area contributed by atoms with Crippen molar-refractivity contribution in [3.63, 3.8) is 0 Å². The van der Waals surface area contributed by atoms with Gasteiger partial charge >= 0.3 is 0 Å². The Morgan fingerprint density at radius 1 is 0.920 bits per heavy atom. The summed E-state index contributed by atoms with van der Waals surface area (Å²) < 4.78 is 1.95. The average molecular weight is 328 g/mol. The summed E-state index contributed by atoms with van der Waals surface area (Å²) in [5.41, 5.74) is 3.87. The Kier molecular flexibility index (Phi) is 3.92. The van der Waals surface area contributed by atoms with Gasteiger partial charge in [-0.15, -0.1) is 0 Å². The smallest absolute Gasteiger partial charge is 0.129 e. The van der Waals surface area contributed by atoms with Gasteiger partial charge in [0.1, 0.15) is 5.84 Å². The minimum absolute atomic E-state index is 0.355. The third-order valence-electron chi connectivity index (χ3n) is 3.97. The fraction of sp³-hybridized carbons (Fsp3) is 0.0526. The maximum Gasteiger partial charge on any atom is 0.129 e. The van der Waals surface area contributed by atoms with Crippen LogP contribution in [0.25, 0.3) is 10.9 Å². The van der Waals surface area contributed by atoms with E-state index in [1.807, 2.05) is 59.5 Å². The van der Waals surface area contributed by atoms with Gasteiger partial charge in [-0.2, -0.15) is 5.10 Å². The van der Waals surface area contributed by atoms with Crippen molar-refractivity contribution in [3.05, 3.63) is 84.6 Å². The highest BCUT2D eigenvalue weighted by Gasteiger charge is 2.05. The van der Waals surface area contributed by atoms with Crippen molar-refractivity contribution in [1.82, 2.24) is 19.7 Å². The van der Waals surface area contributed by atoms with Crippen molar-refractivity contribution in [1.29, 1.82) is 5.41 Å². The molecule has 0 saturated carbocycles. The Hall–Kier alpha value is -3.54. The van der Waals surface area contributed by atoms with Crippen molar-refractivity contribution < 1.29 is 0 Å². The van der Waals surface area contributed by atoms with Crippen LogP contribution in [0.4, 0.5) is 5.69 Å². The van der Waals surface area contributed by atoms with Gasteiger partial charge in [0.2, 0.25) is 0 Å². The molecular weight excluding hydrogens is 312 g/mol. The molecule has 0 aliphatic rings. The SMILES string of the molecule is N=C(Nc1ccncc1)c1ccc(Cn2ncc3cnccc32)cc1. The number of fused-ring (bicyclic) bond motifs is 1. The van der Waals surface area contributed by atoms with Crippen molar-refractivity contribution >= 4 is 22.4 Å². The molecular formula is C19H16N6. The molecule has 1 aromatic carbocycles. The number of nitrogens with zero attached hydrogens (tertiary/aromatic N) is 4. The lowest BCUT2D eigenvalue weighted by molar-refractivity contribution is 0.712. The summed E-state index contributed by atoms with van der Waals surface area (Å²) in [6.07, 6.45) is 8.81. The van der Waals surface area contributed by atoms with E-state index in [4.69, 9.17) is 5.41 Å². The molecule has 0 aliphatic carbocycles. The first-order chi connectivity index (χ1) is 12.3. The van der Waals surface area contributed by atoms with Crippen LogP contribution in [-0.2, 0) is 6.54 Å². The summed E-state index contributed by atoms with van der Waals surface area (Å²) in [4.78, 5) is 8.08. The summed E-state index contributed by atoms with van der Waals surface area (Å²) in [7, 11) is 0. The first kappa shape index (κ1) is 15.0. The molecule has 4 rings (SSSR count). The van der Waals surface area contributed by atoms with Crippen LogP contribution < -0.4 is 5.32 Å². The average Bonchev–Trinajstić information content (AvgIpc) is 3.06. The molecule has 3 heterocycles. The van der Waals surface area contributed by atoms with Gasteiger partial charge in [-0.1, -0.05) is 24.3 Å². The van der Waals surface area contributed by atoms with Crippen molar-refractivity contribution in [2.24, 2.45) is 0 Å². The zero-order valence-electron chi connectivity index (χ0n) is 13.4. The fourth-order valence-electron chi connectivity index (χ4n) is 2.66. The number of nitrogens with one attached hydrogen (secondary N) is 2. The van der Waals surface area contributed by atoms with E-state index in [1.54, 1.807) is 18.6 Å². The van der Waals surface area contributed by atoms with Crippen LogP contribution in [0.5, 0.6) is 0 Å². The van der Waals surface area contributed by atoms with Crippen LogP contribution >= 0.6 is 0 Å². The van der Waals surface area contributed by atoms with E-state index >= 15 is 0 Å². The molecule has 6 nitrogen and oxygen atoms in total. The van der Waals surface area contributed by atoms with Gasteiger partial charge in [0.05, 0.1) is 18.3 Å². The zero-order valence-corrected chi connectivity index (χ0v) is 13.4. The molecule has 0 radical (unpaired) electrons. The highest BCUT2D eigenvalue weighted by molar-refractivity contribution is 6.06. The minimum Gasteiger partial charge on any atom is -0.340 e. The highest BCUT2D eigenvalue weighted by atomic mass is 15.3. The van der Waals surface area contributed by atoms with Crippen LogP contribution in [0.3, 0.4) is 0 Å². The molecule has 2 N–H and O–H groups in total. The number of hydrogen-bond donors (Lipinski definition) is 2. The van der Waals surface area contributed by atoms with E-state index in [9.17, 15) is 0 Å². The molecule has 4 aromatic rings. The second-order valence-corrected chi connectivity index (χ2v) is 5.67. The maximum absolute atomic E-state index is 8.19. The molecule has 3 aromatic heterocycles. The van der Waals surface area contributed by atoms with Gasteiger partial charge in [-0.05, 0) is 23.8 Å². The van der Waals surface area contributed by atoms with Gasteiger partial charge in [-0.25, -0.2) is 0 Å². The van der Waals surface area contributed by atoms with Gasteiger partial charge in [0.15, 0.2) is 0 Å². The monoisotopic (exact) mass is 328 g/mol. The molecule has 0 spiro atoms. The fourth-order valence-corrected chi connectivity index (χ4v) is 2.66. The maximum atomic E-state index is 8.19. The third kappa shape index (κ3) is 3.23. The summed E-state index contributed by atoms with van der Waals surface area (Å²) in [6, 6.07) is 13.6. The molecule has 6 heteroatoms. The summed E-state index contributed by atoms with van der Waals surface area (Å²) >= 11 is 0. The lowest BCUT2D eigenvalue weighted by Crippen LogP contribution is -2.12. The summed E-state index contributed by atoms with van der Waals surface area (Å²) in [5, 5.41) is 16.7. The van der Waals surface area contributed by atoms with E-state index in [-0.39, 0.29) is 0 Å². The van der Waals surface area contributed by atoms with Gasteiger partial charge < -0.3 is 5.32 Å². The molecule has 0 bridgehead atoms. The Bertz CT molecular complexity index is 1000. The predicted molar refractivity (Wildman–Crippen MR) is 97.8 cm³/mol. The van der Waals surface area contributed by atoms with Crippen LogP contribution in [-0.4, -0.2) is 25.6 Å². The van der Waals surface area contributed by atoms with Crippen LogP contribution in [0, 0.1) is 5.41 Å². The van der Waals surface area contributed by atoms with Gasteiger partial charge in [-0.3, -0.25) is 20.1 Å². The zero-order chi connectivity index (χ0) is 17.1. The second-order valence-electron chi connectivity index (χ2n) is 5.67. The number of rotatable bonds is 4. The van der Waals surface area contributed by atoms with Crippen molar-refractivity contribution in [2.75, 3.05) is 5.32 Å². The van der Waals surface area contributed by atoms with Gasteiger partial charge in [0, 0.05) is 41.4 Å². The number of hydrogen-bond acceptors (Lipinski definition) is 4. The van der Waals surface area contributed by atoms with Crippen molar-refractivity contribution in [2.45, 2.75) is 6.54 Å². The molecule has 122 valence electrons. The second kappa shape index (κ2) is 6.52. The number of anilines is 1. The van der Waals surface area contributed by atoms with Crippen molar-refractivity contribution in [3.8, 4) is 0 Å². The number of amidine groups is 1.